The lowest BCUT2D eigenvalue weighted by Crippen LogP contribution is -2.80. The number of rotatable bonds is 3. The maximum absolute atomic E-state index is 12.4. The first kappa shape index (κ1) is 12.8. The van der Waals surface area contributed by atoms with E-state index in [-0.39, 0.29) is 29.4 Å². The molecule has 1 amide bonds. The molecule has 2 aliphatic rings. The number of carbonyl (C=O) groups excluding carboxylic acids is 1. The second-order valence-electron chi connectivity index (χ2n) is 6.06. The van der Waals surface area contributed by atoms with Crippen LogP contribution >= 0.6 is 0 Å². The molecule has 1 aliphatic heterocycles. The second-order valence-corrected chi connectivity index (χ2v) is 6.06. The van der Waals surface area contributed by atoms with Crippen LogP contribution in [0.4, 0.5) is 0 Å². The third-order valence-corrected chi connectivity index (χ3v) is 4.82. The first-order valence-corrected chi connectivity index (χ1v) is 6.57. The Kier molecular flexibility index (Phi) is 2.99. The fraction of sp³-hybridized carbons (Fsp3) is 0.923. The molecule has 3 N–H and O–H groups in total. The molecule has 0 bridgehead atoms. The Balaban J connectivity index is 2.15. The van der Waals surface area contributed by atoms with Gasteiger partial charge in [-0.2, -0.15) is 0 Å². The van der Waals surface area contributed by atoms with E-state index < -0.39 is 5.54 Å². The number of hydrogen-bond acceptors (Lipinski definition) is 3. The quantitative estimate of drug-likeness (QED) is 0.775. The maximum Gasteiger partial charge on any atom is 0.241 e. The molecule has 17 heavy (non-hydrogen) atoms. The van der Waals surface area contributed by atoms with E-state index in [0.29, 0.717) is 0 Å². The minimum atomic E-state index is -0.766. The van der Waals surface area contributed by atoms with Crippen molar-refractivity contribution in [1.29, 1.82) is 0 Å². The molecule has 2 fully saturated rings. The predicted molar refractivity (Wildman–Crippen MR) is 66.4 cm³/mol. The highest BCUT2D eigenvalue weighted by molar-refractivity contribution is 5.89. The fourth-order valence-electron chi connectivity index (χ4n) is 3.29. The topological polar surface area (TPSA) is 64.4 Å². The highest BCUT2D eigenvalue weighted by atomic mass is 16.5. The summed E-state index contributed by atoms with van der Waals surface area (Å²) in [4.78, 5) is 12.4. The molecule has 1 saturated carbocycles. The van der Waals surface area contributed by atoms with Gasteiger partial charge in [0, 0.05) is 24.0 Å². The van der Waals surface area contributed by atoms with E-state index in [1.54, 1.807) is 0 Å². The first-order valence-electron chi connectivity index (χ1n) is 6.57. The highest BCUT2D eigenvalue weighted by Gasteiger charge is 2.71. The number of amides is 1. The molecule has 4 heteroatoms. The van der Waals surface area contributed by atoms with Gasteiger partial charge in [0.25, 0.3) is 0 Å². The molecule has 4 nitrogen and oxygen atoms in total. The third kappa shape index (κ3) is 1.54. The van der Waals surface area contributed by atoms with E-state index in [0.717, 1.165) is 19.4 Å². The average molecular weight is 240 g/mol. The lowest BCUT2D eigenvalue weighted by atomic mass is 9.48. The monoisotopic (exact) mass is 240 g/mol. The normalized spacial score (nSPS) is 40.3. The fourth-order valence-corrected chi connectivity index (χ4v) is 3.29. The van der Waals surface area contributed by atoms with Crippen LogP contribution in [0.15, 0.2) is 0 Å². The van der Waals surface area contributed by atoms with Gasteiger partial charge in [-0.15, -0.1) is 0 Å². The lowest BCUT2D eigenvalue weighted by Gasteiger charge is -2.60. The van der Waals surface area contributed by atoms with Crippen molar-refractivity contribution in [3.05, 3.63) is 0 Å². The van der Waals surface area contributed by atoms with E-state index in [2.05, 4.69) is 12.2 Å². The highest BCUT2D eigenvalue weighted by Crippen LogP contribution is 2.58. The molecule has 98 valence electrons. The molecule has 1 saturated heterocycles. The van der Waals surface area contributed by atoms with Crippen molar-refractivity contribution in [1.82, 2.24) is 5.32 Å². The van der Waals surface area contributed by atoms with Crippen LogP contribution < -0.4 is 11.1 Å². The zero-order chi connectivity index (χ0) is 12.8. The summed E-state index contributed by atoms with van der Waals surface area (Å²) in [7, 11) is 0. The Morgan fingerprint density at radius 2 is 2.24 bits per heavy atom. The SMILES string of the molecule is CCC(C)NC(=O)C1(N)C2CCOC2C1(C)C. The molecule has 0 spiro atoms. The largest absolute Gasteiger partial charge is 0.377 e. The van der Waals surface area contributed by atoms with Crippen molar-refractivity contribution < 1.29 is 9.53 Å². The Morgan fingerprint density at radius 3 is 2.82 bits per heavy atom. The molecule has 0 aromatic rings. The summed E-state index contributed by atoms with van der Waals surface area (Å²) in [5, 5.41) is 3.02. The van der Waals surface area contributed by atoms with Crippen molar-refractivity contribution in [2.75, 3.05) is 6.61 Å². The van der Waals surface area contributed by atoms with Crippen LogP contribution in [0.25, 0.3) is 0 Å². The third-order valence-electron chi connectivity index (χ3n) is 4.82. The first-order chi connectivity index (χ1) is 7.85. The van der Waals surface area contributed by atoms with E-state index in [4.69, 9.17) is 10.5 Å². The van der Waals surface area contributed by atoms with Crippen molar-refractivity contribution >= 4 is 5.91 Å². The second kappa shape index (κ2) is 3.95. The summed E-state index contributed by atoms with van der Waals surface area (Å²) < 4.78 is 5.68. The lowest BCUT2D eigenvalue weighted by molar-refractivity contribution is -0.175. The molecule has 0 radical (unpaired) electrons. The molecule has 2 rings (SSSR count). The van der Waals surface area contributed by atoms with Gasteiger partial charge in [0.1, 0.15) is 5.54 Å². The molecule has 4 unspecified atom stereocenters. The number of nitrogens with two attached hydrogens (primary N) is 1. The van der Waals surface area contributed by atoms with Gasteiger partial charge >= 0.3 is 0 Å². The van der Waals surface area contributed by atoms with Gasteiger partial charge in [-0.05, 0) is 19.8 Å². The van der Waals surface area contributed by atoms with E-state index >= 15 is 0 Å². The van der Waals surface area contributed by atoms with Crippen molar-refractivity contribution in [2.24, 2.45) is 17.1 Å². The summed E-state index contributed by atoms with van der Waals surface area (Å²) in [5.41, 5.74) is 5.38. The Bertz CT molecular complexity index is 329. The molecular weight excluding hydrogens is 216 g/mol. The van der Waals surface area contributed by atoms with Crippen LogP contribution in [-0.2, 0) is 9.53 Å². The van der Waals surface area contributed by atoms with Gasteiger partial charge in [0.2, 0.25) is 5.91 Å². The minimum absolute atomic E-state index is 0.0106. The van der Waals surface area contributed by atoms with Crippen LogP contribution in [0.1, 0.15) is 40.5 Å². The number of ether oxygens (including phenoxy) is 1. The average Bonchev–Trinajstić information content (AvgIpc) is 2.75. The van der Waals surface area contributed by atoms with Gasteiger partial charge in [-0.25, -0.2) is 0 Å². The van der Waals surface area contributed by atoms with E-state index in [1.165, 1.54) is 0 Å². The molecule has 4 atom stereocenters. The maximum atomic E-state index is 12.4. The van der Waals surface area contributed by atoms with E-state index in [1.807, 2.05) is 20.8 Å². The number of carbonyl (C=O) groups is 1. The smallest absolute Gasteiger partial charge is 0.241 e. The molecule has 0 aromatic heterocycles. The summed E-state index contributed by atoms with van der Waals surface area (Å²) in [5.74, 6) is 0.171. The Hall–Kier alpha value is -0.610. The van der Waals surface area contributed by atoms with Crippen molar-refractivity contribution in [2.45, 2.75) is 58.2 Å². The summed E-state index contributed by atoms with van der Waals surface area (Å²) in [6.07, 6.45) is 1.97. The van der Waals surface area contributed by atoms with Gasteiger partial charge in [-0.1, -0.05) is 20.8 Å². The van der Waals surface area contributed by atoms with Gasteiger partial charge in [0.05, 0.1) is 6.10 Å². The number of hydrogen-bond donors (Lipinski definition) is 2. The van der Waals surface area contributed by atoms with Crippen LogP contribution in [0, 0.1) is 11.3 Å². The predicted octanol–water partition coefficient (Wildman–Crippen LogP) is 1.04. The van der Waals surface area contributed by atoms with Crippen LogP contribution in [-0.4, -0.2) is 30.2 Å². The van der Waals surface area contributed by atoms with Gasteiger partial charge in [-0.3, -0.25) is 4.79 Å². The van der Waals surface area contributed by atoms with Crippen LogP contribution in [0.2, 0.25) is 0 Å². The summed E-state index contributed by atoms with van der Waals surface area (Å²) in [6, 6.07) is 0.181. The minimum Gasteiger partial charge on any atom is -0.377 e. The summed E-state index contributed by atoms with van der Waals surface area (Å²) >= 11 is 0. The Labute approximate surface area is 103 Å². The zero-order valence-electron chi connectivity index (χ0n) is 11.2. The molecule has 0 aromatic carbocycles. The van der Waals surface area contributed by atoms with E-state index in [9.17, 15) is 4.79 Å². The summed E-state index contributed by atoms with van der Waals surface area (Å²) in [6.45, 7) is 8.87. The Morgan fingerprint density at radius 1 is 1.59 bits per heavy atom. The van der Waals surface area contributed by atoms with Crippen molar-refractivity contribution in [3.63, 3.8) is 0 Å². The zero-order valence-corrected chi connectivity index (χ0v) is 11.2. The number of nitrogens with one attached hydrogen (secondary N) is 1. The number of fused-ring (bicyclic) bond motifs is 1. The standard InChI is InChI=1S/C13H24N2O2/c1-5-8(2)15-11(16)13(14)9-6-7-17-10(9)12(13,3)4/h8-10H,5-7,14H2,1-4H3,(H,15,16). The van der Waals surface area contributed by atoms with Gasteiger partial charge < -0.3 is 15.8 Å². The molecular formula is C13H24N2O2. The van der Waals surface area contributed by atoms with Crippen LogP contribution in [0.3, 0.4) is 0 Å². The van der Waals surface area contributed by atoms with Gasteiger partial charge in [0.15, 0.2) is 0 Å². The molecule has 1 heterocycles. The van der Waals surface area contributed by atoms with Crippen molar-refractivity contribution in [3.8, 4) is 0 Å². The van der Waals surface area contributed by atoms with Crippen LogP contribution in [0.5, 0.6) is 0 Å². The molecule has 1 aliphatic carbocycles.